The SMILES string of the molecule is COc1ccc(O)c(OC2CCNC2)c1. The number of ether oxygens (including phenoxy) is 2. The minimum atomic E-state index is 0.142. The molecule has 1 unspecified atom stereocenters. The minimum Gasteiger partial charge on any atom is -0.504 e. The molecular formula is C11H15NO3. The molecule has 1 saturated heterocycles. The quantitative estimate of drug-likeness (QED) is 0.783. The topological polar surface area (TPSA) is 50.7 Å². The fourth-order valence-corrected chi connectivity index (χ4v) is 1.62. The van der Waals surface area contributed by atoms with Crippen LogP contribution >= 0.6 is 0 Å². The monoisotopic (exact) mass is 209 g/mol. The maximum absolute atomic E-state index is 9.59. The van der Waals surface area contributed by atoms with E-state index in [9.17, 15) is 5.11 Å². The number of phenolic OH excluding ortho intramolecular Hbond substituents is 1. The summed E-state index contributed by atoms with van der Waals surface area (Å²) in [6.07, 6.45) is 1.11. The summed E-state index contributed by atoms with van der Waals surface area (Å²) in [5, 5.41) is 12.8. The van der Waals surface area contributed by atoms with Crippen molar-refractivity contribution in [3.05, 3.63) is 18.2 Å². The van der Waals surface area contributed by atoms with Crippen LogP contribution in [0.15, 0.2) is 18.2 Å². The van der Waals surface area contributed by atoms with Crippen molar-refractivity contribution in [3.8, 4) is 17.2 Å². The minimum absolute atomic E-state index is 0.142. The Morgan fingerprint density at radius 2 is 2.33 bits per heavy atom. The normalized spacial score (nSPS) is 20.2. The number of hydrogen-bond donors (Lipinski definition) is 2. The standard InChI is InChI=1S/C11H15NO3/c1-14-8-2-3-10(13)11(6-8)15-9-4-5-12-7-9/h2-3,6,9,12-13H,4-5,7H2,1H3. The predicted molar refractivity (Wildman–Crippen MR) is 56.6 cm³/mol. The average molecular weight is 209 g/mol. The van der Waals surface area contributed by atoms with E-state index in [0.29, 0.717) is 11.5 Å². The third-order valence-electron chi connectivity index (χ3n) is 2.48. The van der Waals surface area contributed by atoms with Crippen molar-refractivity contribution in [2.45, 2.75) is 12.5 Å². The van der Waals surface area contributed by atoms with E-state index >= 15 is 0 Å². The molecule has 1 aromatic rings. The third-order valence-corrected chi connectivity index (χ3v) is 2.48. The Hall–Kier alpha value is -1.42. The summed E-state index contributed by atoms with van der Waals surface area (Å²) in [5.74, 6) is 1.33. The number of phenols is 1. The van der Waals surface area contributed by atoms with Gasteiger partial charge in [-0.05, 0) is 25.1 Å². The van der Waals surface area contributed by atoms with Gasteiger partial charge in [0.25, 0.3) is 0 Å². The average Bonchev–Trinajstić information content (AvgIpc) is 2.74. The summed E-state index contributed by atoms with van der Waals surface area (Å²) >= 11 is 0. The number of hydrogen-bond acceptors (Lipinski definition) is 4. The molecule has 2 rings (SSSR count). The highest BCUT2D eigenvalue weighted by Gasteiger charge is 2.17. The molecule has 1 aliphatic heterocycles. The molecule has 2 N–H and O–H groups in total. The van der Waals surface area contributed by atoms with Crippen LogP contribution in [0.25, 0.3) is 0 Å². The second-order valence-corrected chi connectivity index (χ2v) is 3.57. The lowest BCUT2D eigenvalue weighted by Gasteiger charge is -2.14. The molecule has 4 nitrogen and oxygen atoms in total. The number of nitrogens with one attached hydrogen (secondary N) is 1. The van der Waals surface area contributed by atoms with E-state index < -0.39 is 0 Å². The molecule has 1 heterocycles. The molecule has 15 heavy (non-hydrogen) atoms. The Morgan fingerprint density at radius 1 is 1.47 bits per heavy atom. The first kappa shape index (κ1) is 10.1. The van der Waals surface area contributed by atoms with Crippen LogP contribution in [0.5, 0.6) is 17.2 Å². The molecule has 4 heteroatoms. The van der Waals surface area contributed by atoms with Gasteiger partial charge in [0, 0.05) is 12.6 Å². The van der Waals surface area contributed by atoms with Crippen molar-refractivity contribution < 1.29 is 14.6 Å². The maximum Gasteiger partial charge on any atom is 0.165 e. The van der Waals surface area contributed by atoms with E-state index in [1.807, 2.05) is 0 Å². The van der Waals surface area contributed by atoms with Crippen LogP contribution in [-0.2, 0) is 0 Å². The van der Waals surface area contributed by atoms with E-state index in [1.54, 1.807) is 25.3 Å². The Labute approximate surface area is 88.8 Å². The summed E-state index contributed by atoms with van der Waals surface area (Å²) in [6, 6.07) is 4.99. The molecule has 0 aliphatic carbocycles. The van der Waals surface area contributed by atoms with E-state index in [0.717, 1.165) is 19.5 Å². The molecule has 0 aromatic heterocycles. The summed E-state index contributed by atoms with van der Waals surface area (Å²) in [6.45, 7) is 1.80. The second kappa shape index (κ2) is 4.40. The highest BCUT2D eigenvalue weighted by atomic mass is 16.5. The highest BCUT2D eigenvalue weighted by molar-refractivity contribution is 5.44. The van der Waals surface area contributed by atoms with Crippen LogP contribution < -0.4 is 14.8 Å². The first-order valence-corrected chi connectivity index (χ1v) is 5.04. The van der Waals surface area contributed by atoms with Crippen molar-refractivity contribution in [1.82, 2.24) is 5.32 Å². The van der Waals surface area contributed by atoms with Gasteiger partial charge >= 0.3 is 0 Å². The van der Waals surface area contributed by atoms with Gasteiger partial charge in [0.1, 0.15) is 11.9 Å². The van der Waals surface area contributed by atoms with Crippen LogP contribution in [0.1, 0.15) is 6.42 Å². The summed E-state index contributed by atoms with van der Waals surface area (Å²) < 4.78 is 10.7. The molecule has 0 radical (unpaired) electrons. The molecule has 82 valence electrons. The molecule has 0 bridgehead atoms. The van der Waals surface area contributed by atoms with E-state index in [4.69, 9.17) is 9.47 Å². The molecule has 1 fully saturated rings. The van der Waals surface area contributed by atoms with E-state index in [2.05, 4.69) is 5.32 Å². The smallest absolute Gasteiger partial charge is 0.165 e. The lowest BCUT2D eigenvalue weighted by molar-refractivity contribution is 0.213. The van der Waals surface area contributed by atoms with Gasteiger partial charge in [-0.25, -0.2) is 0 Å². The Morgan fingerprint density at radius 3 is 3.00 bits per heavy atom. The van der Waals surface area contributed by atoms with Crippen LogP contribution in [0.3, 0.4) is 0 Å². The zero-order chi connectivity index (χ0) is 10.7. The summed E-state index contributed by atoms with van der Waals surface area (Å²) in [7, 11) is 1.59. The first-order valence-electron chi connectivity index (χ1n) is 5.04. The molecule has 0 spiro atoms. The lowest BCUT2D eigenvalue weighted by atomic mass is 10.2. The molecule has 1 aliphatic rings. The van der Waals surface area contributed by atoms with Crippen LogP contribution in [0.4, 0.5) is 0 Å². The van der Waals surface area contributed by atoms with Gasteiger partial charge in [-0.15, -0.1) is 0 Å². The van der Waals surface area contributed by atoms with Crippen molar-refractivity contribution in [2.24, 2.45) is 0 Å². The van der Waals surface area contributed by atoms with E-state index in [-0.39, 0.29) is 11.9 Å². The van der Waals surface area contributed by atoms with Crippen LogP contribution in [-0.4, -0.2) is 31.4 Å². The Kier molecular flexibility index (Phi) is 2.97. The zero-order valence-corrected chi connectivity index (χ0v) is 8.69. The fraction of sp³-hybridized carbons (Fsp3) is 0.455. The van der Waals surface area contributed by atoms with Crippen molar-refractivity contribution >= 4 is 0 Å². The van der Waals surface area contributed by atoms with Crippen molar-refractivity contribution in [1.29, 1.82) is 0 Å². The maximum atomic E-state index is 9.59. The van der Waals surface area contributed by atoms with Gasteiger partial charge in [0.2, 0.25) is 0 Å². The van der Waals surface area contributed by atoms with Crippen molar-refractivity contribution in [2.75, 3.05) is 20.2 Å². The largest absolute Gasteiger partial charge is 0.504 e. The highest BCUT2D eigenvalue weighted by Crippen LogP contribution is 2.31. The van der Waals surface area contributed by atoms with Crippen LogP contribution in [0.2, 0.25) is 0 Å². The molecule has 0 saturated carbocycles. The number of methoxy groups -OCH3 is 1. The number of aromatic hydroxyl groups is 1. The van der Waals surface area contributed by atoms with E-state index in [1.165, 1.54) is 0 Å². The summed E-state index contributed by atoms with van der Waals surface area (Å²) in [4.78, 5) is 0. The Balaban J connectivity index is 2.11. The summed E-state index contributed by atoms with van der Waals surface area (Å²) in [5.41, 5.74) is 0. The van der Waals surface area contributed by atoms with Crippen molar-refractivity contribution in [3.63, 3.8) is 0 Å². The molecule has 1 atom stereocenters. The first-order chi connectivity index (χ1) is 7.29. The predicted octanol–water partition coefficient (Wildman–Crippen LogP) is 1.14. The van der Waals surface area contributed by atoms with Crippen LogP contribution in [0, 0.1) is 0 Å². The van der Waals surface area contributed by atoms with Gasteiger partial charge in [-0.3, -0.25) is 0 Å². The van der Waals surface area contributed by atoms with Gasteiger partial charge in [0.05, 0.1) is 7.11 Å². The Bertz CT molecular complexity index is 335. The molecular weight excluding hydrogens is 194 g/mol. The molecule has 0 amide bonds. The lowest BCUT2D eigenvalue weighted by Crippen LogP contribution is -2.19. The fourth-order valence-electron chi connectivity index (χ4n) is 1.62. The number of rotatable bonds is 3. The van der Waals surface area contributed by atoms with Gasteiger partial charge in [-0.1, -0.05) is 0 Å². The van der Waals surface area contributed by atoms with Gasteiger partial charge in [0.15, 0.2) is 11.5 Å². The molecule has 1 aromatic carbocycles. The number of benzene rings is 1. The van der Waals surface area contributed by atoms with Gasteiger partial charge in [-0.2, -0.15) is 0 Å². The van der Waals surface area contributed by atoms with Gasteiger partial charge < -0.3 is 19.9 Å². The third kappa shape index (κ3) is 2.33. The second-order valence-electron chi connectivity index (χ2n) is 3.57. The zero-order valence-electron chi connectivity index (χ0n) is 8.69.